The van der Waals surface area contributed by atoms with Gasteiger partial charge in [-0.1, -0.05) is 30.3 Å². The monoisotopic (exact) mass is 309 g/mol. The number of likely N-dealkylation sites (tertiary alicyclic amines) is 1. The van der Waals surface area contributed by atoms with Crippen LogP contribution in [0.25, 0.3) is 0 Å². The Bertz CT molecular complexity index is 738. The van der Waals surface area contributed by atoms with Crippen LogP contribution in [0, 0.1) is 0 Å². The van der Waals surface area contributed by atoms with Crippen LogP contribution < -0.4 is 5.56 Å². The first-order valence-electron chi connectivity index (χ1n) is 8.67. The zero-order valence-electron chi connectivity index (χ0n) is 13.4. The third-order valence-electron chi connectivity index (χ3n) is 5.14. The second-order valence-corrected chi connectivity index (χ2v) is 6.74. The minimum Gasteiger partial charge on any atom is -0.294 e. The number of aromatic nitrogens is 2. The lowest BCUT2D eigenvalue weighted by Gasteiger charge is -2.24. The van der Waals surface area contributed by atoms with Crippen LogP contribution in [0.4, 0.5) is 0 Å². The van der Waals surface area contributed by atoms with Gasteiger partial charge in [0.05, 0.1) is 12.2 Å². The van der Waals surface area contributed by atoms with E-state index in [1.165, 1.54) is 17.5 Å². The topological polar surface area (TPSA) is 38.1 Å². The predicted octanol–water partition coefficient (Wildman–Crippen LogP) is 2.40. The molecular formula is C19H23N3O. The maximum Gasteiger partial charge on any atom is 0.267 e. The summed E-state index contributed by atoms with van der Waals surface area (Å²) in [7, 11) is 0. The lowest BCUT2D eigenvalue weighted by molar-refractivity contribution is 0.216. The van der Waals surface area contributed by atoms with E-state index in [1.807, 2.05) is 6.07 Å². The van der Waals surface area contributed by atoms with Crippen molar-refractivity contribution >= 4 is 0 Å². The van der Waals surface area contributed by atoms with Gasteiger partial charge < -0.3 is 0 Å². The van der Waals surface area contributed by atoms with Gasteiger partial charge in [-0.25, -0.2) is 4.68 Å². The third-order valence-corrected chi connectivity index (χ3v) is 5.14. The van der Waals surface area contributed by atoms with Gasteiger partial charge in [0.1, 0.15) is 0 Å². The summed E-state index contributed by atoms with van der Waals surface area (Å²) in [4.78, 5) is 14.8. The number of nitrogens with zero attached hydrogens (tertiary/aromatic N) is 3. The SMILES string of the molecule is O=c1cc2c(nn1CC1CCCN1Cc1ccccc1)CCC2. The zero-order chi connectivity index (χ0) is 15.6. The first-order valence-corrected chi connectivity index (χ1v) is 8.67. The van der Waals surface area contributed by atoms with Gasteiger partial charge in [0.15, 0.2) is 0 Å². The Labute approximate surface area is 136 Å². The lowest BCUT2D eigenvalue weighted by atomic mass is 10.2. The first-order chi connectivity index (χ1) is 11.3. The molecule has 0 radical (unpaired) electrons. The Kier molecular flexibility index (Phi) is 4.00. The van der Waals surface area contributed by atoms with Gasteiger partial charge in [-0.2, -0.15) is 5.10 Å². The molecule has 0 saturated carbocycles. The van der Waals surface area contributed by atoms with Crippen molar-refractivity contribution in [1.29, 1.82) is 0 Å². The summed E-state index contributed by atoms with van der Waals surface area (Å²) in [5.41, 5.74) is 3.71. The second-order valence-electron chi connectivity index (χ2n) is 6.74. The van der Waals surface area contributed by atoms with Gasteiger partial charge in [0, 0.05) is 18.7 Å². The van der Waals surface area contributed by atoms with E-state index in [4.69, 9.17) is 0 Å². The van der Waals surface area contributed by atoms with E-state index in [0.29, 0.717) is 6.04 Å². The van der Waals surface area contributed by atoms with E-state index in [9.17, 15) is 4.79 Å². The minimum atomic E-state index is 0.0669. The summed E-state index contributed by atoms with van der Waals surface area (Å²) in [5.74, 6) is 0. The molecule has 0 bridgehead atoms. The summed E-state index contributed by atoms with van der Waals surface area (Å²) in [6.07, 6.45) is 5.53. The van der Waals surface area contributed by atoms with Crippen LogP contribution in [0.5, 0.6) is 0 Å². The number of fused-ring (bicyclic) bond motifs is 1. The van der Waals surface area contributed by atoms with Crippen LogP contribution in [0.2, 0.25) is 0 Å². The molecule has 1 fully saturated rings. The van der Waals surface area contributed by atoms with Crippen molar-refractivity contribution in [1.82, 2.24) is 14.7 Å². The Balaban J connectivity index is 1.50. The molecule has 0 N–H and O–H groups in total. The van der Waals surface area contributed by atoms with Crippen molar-refractivity contribution < 1.29 is 0 Å². The standard InChI is InChI=1S/C19H23N3O/c23-19-12-16-8-4-10-18(16)20-22(19)14-17-9-5-11-21(17)13-15-6-2-1-3-7-15/h1-3,6-7,12,17H,4-5,8-11,13-14H2. The van der Waals surface area contributed by atoms with E-state index in [2.05, 4.69) is 40.3 Å². The van der Waals surface area contributed by atoms with Gasteiger partial charge in [-0.15, -0.1) is 0 Å². The summed E-state index contributed by atoms with van der Waals surface area (Å²) in [6.45, 7) is 2.80. The fraction of sp³-hybridized carbons (Fsp3) is 0.474. The number of rotatable bonds is 4. The van der Waals surface area contributed by atoms with Gasteiger partial charge in [-0.05, 0) is 49.8 Å². The second kappa shape index (κ2) is 6.28. The largest absolute Gasteiger partial charge is 0.294 e. The highest BCUT2D eigenvalue weighted by Crippen LogP contribution is 2.22. The summed E-state index contributed by atoms with van der Waals surface area (Å²) in [6, 6.07) is 12.8. The molecule has 1 aromatic heterocycles. The zero-order valence-corrected chi connectivity index (χ0v) is 13.4. The average Bonchev–Trinajstić information content (AvgIpc) is 3.18. The fourth-order valence-electron chi connectivity index (χ4n) is 3.90. The van der Waals surface area contributed by atoms with Crippen LogP contribution in [-0.4, -0.2) is 27.3 Å². The molecule has 23 heavy (non-hydrogen) atoms. The molecule has 4 nitrogen and oxygen atoms in total. The van der Waals surface area contributed by atoms with Crippen molar-refractivity contribution in [2.45, 2.75) is 51.2 Å². The molecule has 1 aliphatic heterocycles. The van der Waals surface area contributed by atoms with Gasteiger partial charge in [0.25, 0.3) is 5.56 Å². The molecule has 2 aromatic rings. The van der Waals surface area contributed by atoms with E-state index in [0.717, 1.165) is 51.0 Å². The van der Waals surface area contributed by atoms with Gasteiger partial charge in [0.2, 0.25) is 0 Å². The van der Waals surface area contributed by atoms with E-state index in [1.54, 1.807) is 4.68 Å². The number of aryl methyl sites for hydroxylation is 2. The maximum absolute atomic E-state index is 12.3. The van der Waals surface area contributed by atoms with Crippen molar-refractivity contribution in [3.63, 3.8) is 0 Å². The Morgan fingerprint density at radius 1 is 1.13 bits per heavy atom. The summed E-state index contributed by atoms with van der Waals surface area (Å²) in [5, 5.41) is 4.64. The highest BCUT2D eigenvalue weighted by Gasteiger charge is 2.26. The van der Waals surface area contributed by atoms with Crippen molar-refractivity contribution in [2.24, 2.45) is 0 Å². The third kappa shape index (κ3) is 3.08. The highest BCUT2D eigenvalue weighted by molar-refractivity contribution is 5.22. The molecule has 1 aliphatic carbocycles. The van der Waals surface area contributed by atoms with Gasteiger partial charge in [-0.3, -0.25) is 9.69 Å². The van der Waals surface area contributed by atoms with Crippen LogP contribution in [0.1, 0.15) is 36.1 Å². The van der Waals surface area contributed by atoms with E-state index < -0.39 is 0 Å². The maximum atomic E-state index is 12.3. The average molecular weight is 309 g/mol. The molecule has 1 aromatic carbocycles. The molecule has 2 aliphatic rings. The molecule has 2 heterocycles. The Morgan fingerprint density at radius 3 is 2.87 bits per heavy atom. The van der Waals surface area contributed by atoms with Crippen molar-refractivity contribution in [3.8, 4) is 0 Å². The van der Waals surface area contributed by atoms with E-state index in [-0.39, 0.29) is 5.56 Å². The molecular weight excluding hydrogens is 286 g/mol. The normalized spacial score (nSPS) is 20.8. The minimum absolute atomic E-state index is 0.0669. The molecule has 1 atom stereocenters. The van der Waals surface area contributed by atoms with Gasteiger partial charge >= 0.3 is 0 Å². The fourth-order valence-corrected chi connectivity index (χ4v) is 3.90. The van der Waals surface area contributed by atoms with Crippen LogP contribution in [0.15, 0.2) is 41.2 Å². The lowest BCUT2D eigenvalue weighted by Crippen LogP contribution is -2.37. The van der Waals surface area contributed by atoms with E-state index >= 15 is 0 Å². The molecule has 4 rings (SSSR count). The molecule has 1 unspecified atom stereocenters. The Hall–Kier alpha value is -1.94. The molecule has 0 amide bonds. The van der Waals surface area contributed by atoms with Crippen LogP contribution in [-0.2, 0) is 25.9 Å². The van der Waals surface area contributed by atoms with Crippen LogP contribution >= 0.6 is 0 Å². The van der Waals surface area contributed by atoms with Crippen LogP contribution in [0.3, 0.4) is 0 Å². The molecule has 120 valence electrons. The Morgan fingerprint density at radius 2 is 2.00 bits per heavy atom. The summed E-state index contributed by atoms with van der Waals surface area (Å²) < 4.78 is 1.71. The number of hydrogen-bond donors (Lipinski definition) is 0. The first kappa shape index (κ1) is 14.6. The number of hydrogen-bond acceptors (Lipinski definition) is 3. The molecule has 4 heteroatoms. The predicted molar refractivity (Wildman–Crippen MR) is 90.4 cm³/mol. The van der Waals surface area contributed by atoms with Crippen molar-refractivity contribution in [3.05, 3.63) is 63.6 Å². The molecule has 0 spiro atoms. The molecule has 1 saturated heterocycles. The number of benzene rings is 1. The quantitative estimate of drug-likeness (QED) is 0.870. The van der Waals surface area contributed by atoms with Crippen molar-refractivity contribution in [2.75, 3.05) is 6.54 Å². The smallest absolute Gasteiger partial charge is 0.267 e. The summed E-state index contributed by atoms with van der Waals surface area (Å²) >= 11 is 0. The highest BCUT2D eigenvalue weighted by atomic mass is 16.1.